The lowest BCUT2D eigenvalue weighted by Gasteiger charge is -2.33. The number of phenolic OH excluding ortho intramolecular Hbond substituents is 1. The first-order chi connectivity index (χ1) is 11.2. The number of aromatic hydroxyl groups is 1. The van der Waals surface area contributed by atoms with Gasteiger partial charge in [-0.2, -0.15) is 0 Å². The lowest BCUT2D eigenvalue weighted by atomic mass is 10.0. The van der Waals surface area contributed by atoms with Crippen LogP contribution in [0.2, 0.25) is 5.02 Å². The molecule has 1 heterocycles. The predicted octanol–water partition coefficient (Wildman–Crippen LogP) is 4.18. The molecule has 0 aromatic heterocycles. The summed E-state index contributed by atoms with van der Waals surface area (Å²) in [6.07, 6.45) is 1.14. The molecular formula is C19H22ClNO2. The van der Waals surface area contributed by atoms with Gasteiger partial charge in [-0.25, -0.2) is 0 Å². The number of aryl methyl sites for hydroxylation is 1. The van der Waals surface area contributed by atoms with E-state index in [0.29, 0.717) is 11.6 Å². The van der Waals surface area contributed by atoms with Crippen LogP contribution in [0.5, 0.6) is 5.75 Å². The molecule has 1 aliphatic heterocycles. The summed E-state index contributed by atoms with van der Waals surface area (Å²) in [5.74, 6) is 0.254. The van der Waals surface area contributed by atoms with Gasteiger partial charge in [0, 0.05) is 24.7 Å². The fraction of sp³-hybridized carbons (Fsp3) is 0.368. The van der Waals surface area contributed by atoms with E-state index < -0.39 is 0 Å². The maximum absolute atomic E-state index is 9.64. The largest absolute Gasteiger partial charge is 0.508 e. The third-order valence-electron chi connectivity index (χ3n) is 4.33. The quantitative estimate of drug-likeness (QED) is 0.912. The Kier molecular flexibility index (Phi) is 5.21. The highest BCUT2D eigenvalue weighted by Gasteiger charge is 2.22. The second-order valence-corrected chi connectivity index (χ2v) is 6.37. The Morgan fingerprint density at radius 3 is 2.74 bits per heavy atom. The summed E-state index contributed by atoms with van der Waals surface area (Å²) in [5.41, 5.74) is 3.51. The van der Waals surface area contributed by atoms with E-state index >= 15 is 0 Å². The predicted molar refractivity (Wildman–Crippen MR) is 92.9 cm³/mol. The van der Waals surface area contributed by atoms with Crippen LogP contribution in [0.15, 0.2) is 42.5 Å². The molecule has 2 aromatic rings. The van der Waals surface area contributed by atoms with Crippen molar-refractivity contribution in [3.8, 4) is 5.75 Å². The van der Waals surface area contributed by atoms with Crippen molar-refractivity contribution in [3.63, 3.8) is 0 Å². The lowest BCUT2D eigenvalue weighted by molar-refractivity contribution is -0.0329. The molecule has 1 unspecified atom stereocenters. The number of benzene rings is 2. The number of rotatable bonds is 4. The van der Waals surface area contributed by atoms with Crippen LogP contribution in [0, 0.1) is 0 Å². The number of phenols is 1. The maximum Gasteiger partial charge on any atom is 0.116 e. The number of nitrogens with zero attached hydrogens (tertiary/aromatic N) is 1. The monoisotopic (exact) mass is 331 g/mol. The minimum atomic E-state index is 0.0886. The Balaban J connectivity index is 1.69. The van der Waals surface area contributed by atoms with E-state index in [-0.39, 0.29) is 11.9 Å². The average Bonchev–Trinajstić information content (AvgIpc) is 2.58. The highest BCUT2D eigenvalue weighted by atomic mass is 35.5. The summed E-state index contributed by atoms with van der Waals surface area (Å²) in [4.78, 5) is 2.32. The van der Waals surface area contributed by atoms with Gasteiger partial charge in [-0.3, -0.25) is 4.90 Å². The maximum atomic E-state index is 9.64. The van der Waals surface area contributed by atoms with Crippen LogP contribution < -0.4 is 0 Å². The third-order valence-corrected chi connectivity index (χ3v) is 4.70. The van der Waals surface area contributed by atoms with Gasteiger partial charge in [0.1, 0.15) is 5.75 Å². The molecule has 0 amide bonds. The van der Waals surface area contributed by atoms with E-state index in [1.54, 1.807) is 18.2 Å². The molecule has 0 radical (unpaired) electrons. The SMILES string of the molecule is CCc1ccc(C2CN(Cc3cc(O)ccc3Cl)CCO2)cc1. The molecule has 0 spiro atoms. The first kappa shape index (κ1) is 16.3. The van der Waals surface area contributed by atoms with Crippen LogP contribution >= 0.6 is 11.6 Å². The van der Waals surface area contributed by atoms with Gasteiger partial charge in [0.15, 0.2) is 0 Å². The van der Waals surface area contributed by atoms with Crippen molar-refractivity contribution in [2.24, 2.45) is 0 Å². The van der Waals surface area contributed by atoms with Crippen LogP contribution in [0.25, 0.3) is 0 Å². The first-order valence-electron chi connectivity index (χ1n) is 8.06. The molecule has 1 saturated heterocycles. The molecule has 23 heavy (non-hydrogen) atoms. The summed E-state index contributed by atoms with van der Waals surface area (Å²) in [6.45, 7) is 5.29. The molecule has 1 aliphatic rings. The molecule has 1 N–H and O–H groups in total. The molecule has 122 valence electrons. The fourth-order valence-electron chi connectivity index (χ4n) is 2.94. The summed E-state index contributed by atoms with van der Waals surface area (Å²) in [7, 11) is 0. The number of hydrogen-bond donors (Lipinski definition) is 1. The van der Waals surface area contributed by atoms with Crippen LogP contribution in [0.1, 0.15) is 29.7 Å². The van der Waals surface area contributed by atoms with E-state index in [0.717, 1.165) is 31.6 Å². The average molecular weight is 332 g/mol. The molecule has 1 fully saturated rings. The Hall–Kier alpha value is -1.55. The summed E-state index contributed by atoms with van der Waals surface area (Å²) in [5, 5.41) is 10.3. The van der Waals surface area contributed by atoms with Gasteiger partial charge in [-0.05, 0) is 41.3 Å². The van der Waals surface area contributed by atoms with Crippen LogP contribution in [-0.2, 0) is 17.7 Å². The molecule has 0 aliphatic carbocycles. The standard InChI is InChI=1S/C19H22ClNO2/c1-2-14-3-5-15(6-4-14)19-13-21(9-10-23-19)12-16-11-17(22)7-8-18(16)20/h3-8,11,19,22H,2,9-10,12-13H2,1H3. The molecule has 3 nitrogen and oxygen atoms in total. The van der Waals surface area contributed by atoms with Gasteiger partial charge in [0.05, 0.1) is 12.7 Å². The van der Waals surface area contributed by atoms with Crippen molar-refractivity contribution >= 4 is 11.6 Å². The lowest BCUT2D eigenvalue weighted by Crippen LogP contribution is -2.37. The van der Waals surface area contributed by atoms with Crippen molar-refractivity contribution in [1.29, 1.82) is 0 Å². The van der Waals surface area contributed by atoms with Crippen LogP contribution in [-0.4, -0.2) is 29.7 Å². The zero-order valence-corrected chi connectivity index (χ0v) is 14.1. The van der Waals surface area contributed by atoms with Gasteiger partial charge in [-0.1, -0.05) is 42.8 Å². The Labute approximate surface area is 142 Å². The first-order valence-corrected chi connectivity index (χ1v) is 8.43. The van der Waals surface area contributed by atoms with Gasteiger partial charge >= 0.3 is 0 Å². The van der Waals surface area contributed by atoms with Crippen molar-refractivity contribution < 1.29 is 9.84 Å². The highest BCUT2D eigenvalue weighted by Crippen LogP contribution is 2.27. The fourth-order valence-corrected chi connectivity index (χ4v) is 3.12. The molecule has 1 atom stereocenters. The number of morpholine rings is 1. The van der Waals surface area contributed by atoms with E-state index in [4.69, 9.17) is 16.3 Å². The van der Waals surface area contributed by atoms with E-state index in [1.165, 1.54) is 11.1 Å². The topological polar surface area (TPSA) is 32.7 Å². The number of halogens is 1. The Morgan fingerprint density at radius 1 is 1.22 bits per heavy atom. The zero-order chi connectivity index (χ0) is 16.2. The zero-order valence-electron chi connectivity index (χ0n) is 13.3. The van der Waals surface area contributed by atoms with Crippen molar-refractivity contribution in [2.75, 3.05) is 19.7 Å². The molecular weight excluding hydrogens is 310 g/mol. The minimum Gasteiger partial charge on any atom is -0.508 e. The molecule has 0 saturated carbocycles. The summed E-state index contributed by atoms with van der Waals surface area (Å²) in [6, 6.07) is 13.8. The van der Waals surface area contributed by atoms with Gasteiger partial charge < -0.3 is 9.84 Å². The third kappa shape index (κ3) is 4.05. The second kappa shape index (κ2) is 7.35. The Morgan fingerprint density at radius 2 is 2.00 bits per heavy atom. The molecule has 2 aromatic carbocycles. The van der Waals surface area contributed by atoms with Gasteiger partial charge in [-0.15, -0.1) is 0 Å². The summed E-state index contributed by atoms with van der Waals surface area (Å²) < 4.78 is 5.94. The van der Waals surface area contributed by atoms with Crippen molar-refractivity contribution in [1.82, 2.24) is 4.90 Å². The van der Waals surface area contributed by atoms with Crippen molar-refractivity contribution in [3.05, 3.63) is 64.2 Å². The molecule has 4 heteroatoms. The van der Waals surface area contributed by atoms with Gasteiger partial charge in [0.25, 0.3) is 0 Å². The van der Waals surface area contributed by atoms with Crippen LogP contribution in [0.4, 0.5) is 0 Å². The van der Waals surface area contributed by atoms with E-state index in [9.17, 15) is 5.11 Å². The Bertz CT molecular complexity index is 657. The second-order valence-electron chi connectivity index (χ2n) is 5.97. The number of hydrogen-bond acceptors (Lipinski definition) is 3. The molecule has 3 rings (SSSR count). The van der Waals surface area contributed by atoms with Crippen LogP contribution in [0.3, 0.4) is 0 Å². The van der Waals surface area contributed by atoms with Gasteiger partial charge in [0.2, 0.25) is 0 Å². The minimum absolute atomic E-state index is 0.0886. The smallest absolute Gasteiger partial charge is 0.116 e. The highest BCUT2D eigenvalue weighted by molar-refractivity contribution is 6.31. The summed E-state index contributed by atoms with van der Waals surface area (Å²) >= 11 is 6.23. The van der Waals surface area contributed by atoms with Crippen molar-refractivity contribution in [2.45, 2.75) is 26.0 Å². The van der Waals surface area contributed by atoms with E-state index in [1.807, 2.05) is 0 Å². The normalized spacial score (nSPS) is 19.0. The van der Waals surface area contributed by atoms with E-state index in [2.05, 4.69) is 36.1 Å². The molecule has 0 bridgehead atoms. The number of ether oxygens (including phenoxy) is 1.